The molecule has 0 bridgehead atoms. The lowest BCUT2D eigenvalue weighted by Gasteiger charge is -2.29. The summed E-state index contributed by atoms with van der Waals surface area (Å²) in [5, 5.41) is 3.42. The monoisotopic (exact) mass is 1020 g/mol. The van der Waals surface area contributed by atoms with Crippen LogP contribution in [0.15, 0.2) is 291 Å². The molecule has 0 unspecified atom stereocenters. The molecular weight excluding hydrogens is 962 g/mol. The number of halogens is 1. The maximum Gasteiger partial charge on any atom is 0.123 e. The highest BCUT2D eigenvalue weighted by atomic mass is 19.1. The lowest BCUT2D eigenvalue weighted by Crippen LogP contribution is -2.17. The molecule has 1 aromatic heterocycles. The Morgan fingerprint density at radius 3 is 1.35 bits per heavy atom. The molecule has 1 heterocycles. The molecule has 0 fully saturated rings. The number of para-hydroxylation sites is 2. The van der Waals surface area contributed by atoms with Gasteiger partial charge < -0.3 is 14.4 Å². The molecule has 4 heteroatoms. The van der Waals surface area contributed by atoms with Gasteiger partial charge in [-0.3, -0.25) is 0 Å². The Morgan fingerprint density at radius 1 is 0.316 bits per heavy atom. The molecule has 0 N–H and O–H groups in total. The van der Waals surface area contributed by atoms with Crippen LogP contribution in [0.4, 0.5) is 38.5 Å². The highest BCUT2D eigenvalue weighted by Crippen LogP contribution is 2.53. The summed E-state index contributed by atoms with van der Waals surface area (Å²) < 4.78 is 17.1. The maximum absolute atomic E-state index is 14.7. The van der Waals surface area contributed by atoms with Crippen molar-refractivity contribution in [3.05, 3.63) is 308 Å². The number of anilines is 6. The van der Waals surface area contributed by atoms with Crippen LogP contribution in [0.2, 0.25) is 0 Å². The summed E-state index contributed by atoms with van der Waals surface area (Å²) >= 11 is 0. The fraction of sp³-hybridized carbons (Fsp3) is 0.0400. The van der Waals surface area contributed by atoms with E-state index in [1.165, 1.54) is 33.4 Å². The van der Waals surface area contributed by atoms with Crippen LogP contribution in [0.3, 0.4) is 0 Å². The van der Waals surface area contributed by atoms with Crippen LogP contribution in [0.25, 0.3) is 83.1 Å². The highest BCUT2D eigenvalue weighted by Gasteiger charge is 2.37. The second kappa shape index (κ2) is 19.5. The minimum atomic E-state index is -0.320. The van der Waals surface area contributed by atoms with Crippen molar-refractivity contribution in [3.8, 4) is 61.5 Å². The van der Waals surface area contributed by atoms with Gasteiger partial charge in [-0.2, -0.15) is 0 Å². The molecule has 13 aromatic rings. The molecule has 376 valence electrons. The first-order valence-electron chi connectivity index (χ1n) is 27.1. The Labute approximate surface area is 461 Å². The first kappa shape index (κ1) is 47.4. The number of fused-ring (bicyclic) bond motifs is 6. The smallest absolute Gasteiger partial charge is 0.123 e. The van der Waals surface area contributed by atoms with Gasteiger partial charge in [0.2, 0.25) is 0 Å². The zero-order valence-electron chi connectivity index (χ0n) is 43.9. The van der Waals surface area contributed by atoms with E-state index in [1.54, 1.807) is 12.1 Å². The van der Waals surface area contributed by atoms with Gasteiger partial charge in [-0.1, -0.05) is 202 Å². The van der Waals surface area contributed by atoms with Gasteiger partial charge in [0.15, 0.2) is 0 Å². The maximum atomic E-state index is 14.7. The van der Waals surface area contributed by atoms with Gasteiger partial charge in [-0.25, -0.2) is 4.39 Å². The van der Waals surface area contributed by atoms with E-state index < -0.39 is 0 Å². The van der Waals surface area contributed by atoms with Gasteiger partial charge >= 0.3 is 0 Å². The fourth-order valence-electron chi connectivity index (χ4n) is 12.3. The Hall–Kier alpha value is -10.0. The van der Waals surface area contributed by atoms with Crippen LogP contribution in [0.5, 0.6) is 0 Å². The van der Waals surface area contributed by atoms with E-state index >= 15 is 0 Å². The first-order chi connectivity index (χ1) is 38.9. The van der Waals surface area contributed by atoms with Crippen molar-refractivity contribution in [2.45, 2.75) is 19.3 Å². The Morgan fingerprint density at radius 2 is 0.759 bits per heavy atom. The summed E-state index contributed by atoms with van der Waals surface area (Å²) in [6, 6.07) is 103. The van der Waals surface area contributed by atoms with Crippen molar-refractivity contribution < 1.29 is 4.39 Å². The molecule has 0 amide bonds. The van der Waals surface area contributed by atoms with Gasteiger partial charge in [0, 0.05) is 61.6 Å². The number of rotatable bonds is 11. The fourth-order valence-corrected chi connectivity index (χ4v) is 12.3. The molecule has 0 aliphatic heterocycles. The van der Waals surface area contributed by atoms with Crippen LogP contribution >= 0.6 is 0 Å². The largest absolute Gasteiger partial charge is 0.311 e. The third kappa shape index (κ3) is 8.28. The van der Waals surface area contributed by atoms with Gasteiger partial charge in [-0.05, 0) is 164 Å². The number of benzene rings is 12. The molecule has 0 spiro atoms. The topological polar surface area (TPSA) is 11.4 Å². The predicted molar refractivity (Wildman–Crippen MR) is 329 cm³/mol. The van der Waals surface area contributed by atoms with Crippen molar-refractivity contribution >= 4 is 55.8 Å². The number of nitrogens with zero attached hydrogens (tertiary/aromatic N) is 3. The van der Waals surface area contributed by atoms with Crippen molar-refractivity contribution in [1.29, 1.82) is 0 Å². The van der Waals surface area contributed by atoms with E-state index in [9.17, 15) is 4.39 Å². The van der Waals surface area contributed by atoms with Gasteiger partial charge in [-0.15, -0.1) is 0 Å². The van der Waals surface area contributed by atoms with E-state index in [4.69, 9.17) is 0 Å². The van der Waals surface area contributed by atoms with Crippen LogP contribution in [-0.2, 0) is 5.41 Å². The van der Waals surface area contributed by atoms with Gasteiger partial charge in [0.1, 0.15) is 5.82 Å². The molecule has 12 aromatic carbocycles. The number of hydrogen-bond acceptors (Lipinski definition) is 2. The minimum absolute atomic E-state index is 0.263. The molecular formula is C75H54FN3. The van der Waals surface area contributed by atoms with Gasteiger partial charge in [0.25, 0.3) is 0 Å². The van der Waals surface area contributed by atoms with E-state index in [1.807, 2.05) is 12.1 Å². The SMILES string of the molecule is CC1(C)c2cc(-c3cccc4c3ccc3c(-c5ccccc5)c(-c5ccccc5)n(-c5ccc(F)cc5)c34)ccc2-c2ccc(N(c3ccc(-c4ccccc4)cc3)c3ccc(N(c4ccccc4)c4ccccc4)cc3)cc21. The summed E-state index contributed by atoms with van der Waals surface area (Å²) in [6.07, 6.45) is 0. The molecule has 0 atom stereocenters. The summed E-state index contributed by atoms with van der Waals surface area (Å²) in [6.45, 7) is 4.75. The van der Waals surface area contributed by atoms with Crippen LogP contribution < -0.4 is 9.80 Å². The van der Waals surface area contributed by atoms with Crippen LogP contribution in [0, 0.1) is 5.82 Å². The minimum Gasteiger partial charge on any atom is -0.311 e. The molecule has 1 aliphatic carbocycles. The zero-order chi connectivity index (χ0) is 53.0. The quantitative estimate of drug-likeness (QED) is 0.128. The average molecular weight is 1020 g/mol. The third-order valence-electron chi connectivity index (χ3n) is 16.0. The van der Waals surface area contributed by atoms with Crippen molar-refractivity contribution in [3.63, 3.8) is 0 Å². The second-order valence-electron chi connectivity index (χ2n) is 21.0. The Bertz CT molecular complexity index is 4300. The van der Waals surface area contributed by atoms with Crippen molar-refractivity contribution in [1.82, 2.24) is 4.57 Å². The van der Waals surface area contributed by atoms with Crippen molar-refractivity contribution in [2.75, 3.05) is 9.80 Å². The summed E-state index contributed by atoms with van der Waals surface area (Å²) in [4.78, 5) is 4.70. The zero-order valence-corrected chi connectivity index (χ0v) is 43.9. The molecule has 79 heavy (non-hydrogen) atoms. The standard InChI is InChI=1S/C75H54FN3/c1-75(2)70-49-55(64-29-18-30-68-65(64)47-48-69-72(53-21-10-4-11-22-53)73(54-23-12-5-13-24-54)79(74(68)69)62-38-34-56(76)35-39-62)33-45-66(70)67-46-44-63(50-71(67)75)78(59-36-31-52(32-37-59)51-19-8-3-9-20-51)61-42-40-60(41-43-61)77(57-25-14-6-15-26-57)58-27-16-7-17-28-58/h3-50H,1-2H3. The average Bonchev–Trinajstić information content (AvgIpc) is 4.15. The highest BCUT2D eigenvalue weighted by molar-refractivity contribution is 6.18. The molecule has 14 rings (SSSR count). The van der Waals surface area contributed by atoms with E-state index in [0.717, 1.165) is 95.0 Å². The lowest BCUT2D eigenvalue weighted by atomic mass is 9.81. The lowest BCUT2D eigenvalue weighted by molar-refractivity contribution is 0.627. The number of hydrogen-bond donors (Lipinski definition) is 0. The van der Waals surface area contributed by atoms with Gasteiger partial charge in [0.05, 0.1) is 11.2 Å². The molecule has 0 radical (unpaired) electrons. The van der Waals surface area contributed by atoms with Crippen molar-refractivity contribution in [2.24, 2.45) is 0 Å². The normalized spacial score (nSPS) is 12.3. The second-order valence-corrected chi connectivity index (χ2v) is 21.0. The third-order valence-corrected chi connectivity index (χ3v) is 16.0. The Kier molecular flexibility index (Phi) is 11.7. The number of aromatic nitrogens is 1. The molecule has 0 saturated heterocycles. The van der Waals surface area contributed by atoms with Crippen LogP contribution in [-0.4, -0.2) is 4.57 Å². The molecule has 1 aliphatic rings. The predicted octanol–water partition coefficient (Wildman–Crippen LogP) is 20.8. The first-order valence-corrected chi connectivity index (χ1v) is 27.1. The van der Waals surface area contributed by atoms with E-state index in [-0.39, 0.29) is 11.2 Å². The summed E-state index contributed by atoms with van der Waals surface area (Å²) in [5.74, 6) is -0.263. The Balaban J connectivity index is 0.880. The summed E-state index contributed by atoms with van der Waals surface area (Å²) in [7, 11) is 0. The van der Waals surface area contributed by atoms with Crippen LogP contribution in [0.1, 0.15) is 25.0 Å². The molecule has 3 nitrogen and oxygen atoms in total. The summed E-state index contributed by atoms with van der Waals surface area (Å²) in [5.41, 5.74) is 22.4. The molecule has 0 saturated carbocycles. The van der Waals surface area contributed by atoms with E-state index in [0.29, 0.717) is 0 Å². The van der Waals surface area contributed by atoms with E-state index in [2.05, 4.69) is 295 Å².